The highest BCUT2D eigenvalue weighted by Gasteiger charge is 2.14. The monoisotopic (exact) mass is 336 g/mol. The molecule has 8 heteroatoms. The third kappa shape index (κ3) is 2.69. The average Bonchev–Trinajstić information content (AvgIpc) is 3.22. The van der Waals surface area contributed by atoms with E-state index in [1.807, 2.05) is 0 Å². The fourth-order valence-electron chi connectivity index (χ4n) is 2.56. The van der Waals surface area contributed by atoms with Crippen LogP contribution in [0.4, 0.5) is 0 Å². The van der Waals surface area contributed by atoms with Crippen LogP contribution in [0.2, 0.25) is 0 Å². The Labute approximate surface area is 140 Å². The molecule has 0 saturated carbocycles. The predicted octanol–water partition coefficient (Wildman–Crippen LogP) is 2.10. The zero-order valence-corrected chi connectivity index (χ0v) is 12.8. The number of carboxylic acid groups (broad SMARTS) is 1. The van der Waals surface area contributed by atoms with Crippen LogP contribution in [-0.4, -0.2) is 31.6 Å². The van der Waals surface area contributed by atoms with Gasteiger partial charge in [-0.15, -0.1) is 0 Å². The molecule has 3 heterocycles. The molecule has 4 rings (SSSR count). The molecule has 25 heavy (non-hydrogen) atoms. The largest absolute Gasteiger partial charge is 0.478 e. The van der Waals surface area contributed by atoms with E-state index in [1.54, 1.807) is 30.6 Å². The lowest BCUT2D eigenvalue weighted by atomic mass is 10.2. The van der Waals surface area contributed by atoms with Gasteiger partial charge in [0.05, 0.1) is 18.3 Å². The van der Waals surface area contributed by atoms with Gasteiger partial charge in [-0.3, -0.25) is 4.79 Å². The second-order valence-corrected chi connectivity index (χ2v) is 5.40. The number of rotatable bonds is 4. The molecule has 0 aliphatic heterocycles. The molecular weight excluding hydrogens is 324 g/mol. The first-order valence-corrected chi connectivity index (χ1v) is 7.44. The zero-order chi connectivity index (χ0) is 17.4. The van der Waals surface area contributed by atoms with Gasteiger partial charge >= 0.3 is 5.97 Å². The van der Waals surface area contributed by atoms with Gasteiger partial charge in [-0.25, -0.2) is 14.3 Å². The summed E-state index contributed by atoms with van der Waals surface area (Å²) in [5.74, 6) is -0.815. The van der Waals surface area contributed by atoms with Crippen LogP contribution in [0.5, 0.6) is 0 Å². The maximum absolute atomic E-state index is 12.3. The number of fused-ring (bicyclic) bond motifs is 2. The summed E-state index contributed by atoms with van der Waals surface area (Å²) >= 11 is 0. The zero-order valence-electron chi connectivity index (χ0n) is 12.8. The molecule has 0 fully saturated rings. The number of aromatic nitrogens is 3. The van der Waals surface area contributed by atoms with Crippen molar-refractivity contribution in [3.63, 3.8) is 0 Å². The lowest BCUT2D eigenvalue weighted by molar-refractivity contribution is 0.0696. The second-order valence-electron chi connectivity index (χ2n) is 5.40. The van der Waals surface area contributed by atoms with Gasteiger partial charge in [-0.1, -0.05) is 6.07 Å². The van der Waals surface area contributed by atoms with E-state index in [0.717, 1.165) is 5.39 Å². The minimum atomic E-state index is -1.02. The van der Waals surface area contributed by atoms with Crippen molar-refractivity contribution in [2.45, 2.75) is 6.54 Å². The number of carboxylic acids is 1. The molecule has 8 nitrogen and oxygen atoms in total. The lowest BCUT2D eigenvalue weighted by Gasteiger charge is -2.01. The normalized spacial score (nSPS) is 11.0. The molecule has 0 unspecified atom stereocenters. The van der Waals surface area contributed by atoms with E-state index in [-0.39, 0.29) is 18.0 Å². The topological polar surface area (TPSA) is 110 Å². The van der Waals surface area contributed by atoms with Crippen LogP contribution in [0.25, 0.3) is 16.6 Å². The predicted molar refractivity (Wildman–Crippen MR) is 87.3 cm³/mol. The van der Waals surface area contributed by atoms with Crippen LogP contribution >= 0.6 is 0 Å². The maximum Gasteiger partial charge on any atom is 0.335 e. The Morgan fingerprint density at radius 3 is 3.00 bits per heavy atom. The van der Waals surface area contributed by atoms with E-state index >= 15 is 0 Å². The van der Waals surface area contributed by atoms with Crippen molar-refractivity contribution in [3.05, 3.63) is 65.8 Å². The first-order valence-electron chi connectivity index (χ1n) is 7.44. The Balaban J connectivity index is 1.53. The van der Waals surface area contributed by atoms with Crippen molar-refractivity contribution in [3.8, 4) is 0 Å². The van der Waals surface area contributed by atoms with Gasteiger partial charge in [-0.05, 0) is 24.3 Å². The molecule has 0 bridgehead atoms. The molecule has 4 aromatic rings. The summed E-state index contributed by atoms with van der Waals surface area (Å²) in [5.41, 5.74) is 1.44. The van der Waals surface area contributed by atoms with Crippen LogP contribution in [0.3, 0.4) is 0 Å². The highest BCUT2D eigenvalue weighted by molar-refractivity contribution is 5.99. The van der Waals surface area contributed by atoms with Gasteiger partial charge in [0.25, 0.3) is 5.91 Å². The standard InChI is InChI=1S/C17H12N4O4/c22-16(13-9-20-21-5-1-4-18-15(13)21)19-8-12-6-10-2-3-11(17(23)24)7-14(10)25-12/h1-7,9H,8H2,(H,19,22)(H,23,24). The SMILES string of the molecule is O=C(O)c1ccc2cc(CNC(=O)c3cnn4cccnc34)oc2c1. The molecular formula is C17H12N4O4. The van der Waals surface area contributed by atoms with Crippen LogP contribution < -0.4 is 5.32 Å². The summed E-state index contributed by atoms with van der Waals surface area (Å²) in [5, 5.41) is 16.6. The minimum absolute atomic E-state index is 0.148. The van der Waals surface area contributed by atoms with Crippen molar-refractivity contribution < 1.29 is 19.1 Å². The molecule has 3 aromatic heterocycles. The maximum atomic E-state index is 12.3. The van der Waals surface area contributed by atoms with Crippen molar-refractivity contribution >= 4 is 28.5 Å². The molecule has 0 saturated heterocycles. The Hall–Kier alpha value is -3.68. The number of benzene rings is 1. The smallest absolute Gasteiger partial charge is 0.335 e. The Kier molecular flexibility index (Phi) is 3.42. The highest BCUT2D eigenvalue weighted by Crippen LogP contribution is 2.21. The van der Waals surface area contributed by atoms with Gasteiger partial charge in [0.2, 0.25) is 0 Å². The summed E-state index contributed by atoms with van der Waals surface area (Å²) in [4.78, 5) is 27.5. The number of nitrogens with zero attached hydrogens (tertiary/aromatic N) is 3. The van der Waals surface area contributed by atoms with Crippen molar-refractivity contribution in [1.82, 2.24) is 19.9 Å². The van der Waals surface area contributed by atoms with E-state index in [0.29, 0.717) is 22.6 Å². The second kappa shape index (κ2) is 5.75. The lowest BCUT2D eigenvalue weighted by Crippen LogP contribution is -2.22. The number of nitrogens with one attached hydrogen (secondary N) is 1. The van der Waals surface area contributed by atoms with Gasteiger partial charge in [0.15, 0.2) is 5.65 Å². The molecule has 0 aliphatic rings. The summed E-state index contributed by atoms with van der Waals surface area (Å²) in [6.45, 7) is 0.167. The molecule has 1 amide bonds. The Bertz CT molecular complexity index is 1110. The van der Waals surface area contributed by atoms with Crippen molar-refractivity contribution in [2.75, 3.05) is 0 Å². The fraction of sp³-hybridized carbons (Fsp3) is 0.0588. The summed E-state index contributed by atoms with van der Waals surface area (Å²) in [6, 6.07) is 8.12. The number of carbonyl (C=O) groups is 2. The molecule has 1 aromatic carbocycles. The van der Waals surface area contributed by atoms with E-state index < -0.39 is 5.97 Å². The Morgan fingerprint density at radius 2 is 2.16 bits per heavy atom. The molecule has 2 N–H and O–H groups in total. The van der Waals surface area contributed by atoms with Gasteiger partial charge < -0.3 is 14.8 Å². The quantitative estimate of drug-likeness (QED) is 0.590. The molecule has 0 spiro atoms. The number of aromatic carboxylic acids is 1. The van der Waals surface area contributed by atoms with E-state index in [4.69, 9.17) is 9.52 Å². The molecule has 0 radical (unpaired) electrons. The molecule has 0 aliphatic carbocycles. The first kappa shape index (κ1) is 14.9. The first-order chi connectivity index (χ1) is 12.1. The molecule has 124 valence electrons. The molecule has 0 atom stereocenters. The average molecular weight is 336 g/mol. The van der Waals surface area contributed by atoms with Crippen molar-refractivity contribution in [2.24, 2.45) is 0 Å². The fourth-order valence-corrected chi connectivity index (χ4v) is 2.56. The number of carbonyl (C=O) groups excluding carboxylic acids is 1. The highest BCUT2D eigenvalue weighted by atomic mass is 16.4. The van der Waals surface area contributed by atoms with Gasteiger partial charge in [-0.2, -0.15) is 5.10 Å². The summed E-state index contributed by atoms with van der Waals surface area (Å²) in [6.07, 6.45) is 4.75. The van der Waals surface area contributed by atoms with Crippen LogP contribution in [0.1, 0.15) is 26.5 Å². The number of hydrogen-bond acceptors (Lipinski definition) is 5. The summed E-state index contributed by atoms with van der Waals surface area (Å²) in [7, 11) is 0. The van der Waals surface area contributed by atoms with Crippen LogP contribution in [0, 0.1) is 0 Å². The summed E-state index contributed by atoms with van der Waals surface area (Å²) < 4.78 is 7.12. The van der Waals surface area contributed by atoms with Crippen LogP contribution in [-0.2, 0) is 6.54 Å². The third-order valence-corrected chi connectivity index (χ3v) is 3.77. The minimum Gasteiger partial charge on any atom is -0.478 e. The Morgan fingerprint density at radius 1 is 1.28 bits per heavy atom. The van der Waals surface area contributed by atoms with Gasteiger partial charge in [0, 0.05) is 17.8 Å². The van der Waals surface area contributed by atoms with E-state index in [9.17, 15) is 9.59 Å². The number of hydrogen-bond donors (Lipinski definition) is 2. The van der Waals surface area contributed by atoms with E-state index in [1.165, 1.54) is 22.8 Å². The van der Waals surface area contributed by atoms with E-state index in [2.05, 4.69) is 15.4 Å². The third-order valence-electron chi connectivity index (χ3n) is 3.77. The van der Waals surface area contributed by atoms with Crippen LogP contribution in [0.15, 0.2) is 53.3 Å². The van der Waals surface area contributed by atoms with Crippen molar-refractivity contribution in [1.29, 1.82) is 0 Å². The van der Waals surface area contributed by atoms with Gasteiger partial charge in [0.1, 0.15) is 16.9 Å². The number of furan rings is 1. The number of amides is 1.